The van der Waals surface area contributed by atoms with E-state index >= 15 is 0 Å². The molecule has 2 aliphatic rings. The molecular formula is C18H25NO2. The van der Waals surface area contributed by atoms with E-state index < -0.39 is 0 Å². The number of rotatable bonds is 3. The second-order valence-electron chi connectivity index (χ2n) is 6.84. The van der Waals surface area contributed by atoms with Crippen molar-refractivity contribution in [1.82, 2.24) is 0 Å². The van der Waals surface area contributed by atoms with Crippen LogP contribution in [0.15, 0.2) is 35.9 Å². The summed E-state index contributed by atoms with van der Waals surface area (Å²) in [4.78, 5) is 2.11. The molecule has 0 amide bonds. The number of fused-ring (bicyclic) bond motifs is 2. The molecule has 3 heteroatoms. The first-order valence-corrected chi connectivity index (χ1v) is 7.71. The third kappa shape index (κ3) is 2.60. The van der Waals surface area contributed by atoms with E-state index in [1.807, 2.05) is 0 Å². The molecule has 1 aromatic rings. The molecule has 1 aromatic carbocycles. The van der Waals surface area contributed by atoms with Gasteiger partial charge in [-0.15, -0.1) is 0 Å². The van der Waals surface area contributed by atoms with Gasteiger partial charge in [-0.25, -0.2) is 0 Å². The summed E-state index contributed by atoms with van der Waals surface area (Å²) < 4.78 is 6.18. The van der Waals surface area contributed by atoms with Crippen LogP contribution in [-0.2, 0) is 4.74 Å². The highest BCUT2D eigenvalue weighted by Crippen LogP contribution is 2.50. The number of aliphatic hydroxyl groups excluding tert-OH is 1. The van der Waals surface area contributed by atoms with Crippen molar-refractivity contribution in [3.8, 4) is 0 Å². The number of nitrogens with zero attached hydrogens (tertiary/aromatic N) is 1. The molecule has 0 saturated carbocycles. The molecule has 3 rings (SSSR count). The lowest BCUT2D eigenvalue weighted by Gasteiger charge is -2.47. The summed E-state index contributed by atoms with van der Waals surface area (Å²) in [6.07, 6.45) is 4.40. The first kappa shape index (κ1) is 14.6. The maximum atomic E-state index is 9.72. The molecule has 0 radical (unpaired) electrons. The minimum Gasteiger partial charge on any atom is -0.396 e. The van der Waals surface area contributed by atoms with Gasteiger partial charge in [-0.05, 0) is 37.5 Å². The van der Waals surface area contributed by atoms with Gasteiger partial charge in [0.25, 0.3) is 0 Å². The molecule has 21 heavy (non-hydrogen) atoms. The summed E-state index contributed by atoms with van der Waals surface area (Å²) >= 11 is 0. The van der Waals surface area contributed by atoms with Gasteiger partial charge in [-0.1, -0.05) is 23.8 Å². The van der Waals surface area contributed by atoms with Crippen molar-refractivity contribution in [2.45, 2.75) is 25.9 Å². The van der Waals surface area contributed by atoms with Gasteiger partial charge >= 0.3 is 0 Å². The Morgan fingerprint density at radius 3 is 2.62 bits per heavy atom. The number of benzene rings is 1. The average Bonchev–Trinajstić information content (AvgIpc) is 2.52. The van der Waals surface area contributed by atoms with Gasteiger partial charge in [0, 0.05) is 31.1 Å². The molecule has 1 saturated heterocycles. The largest absolute Gasteiger partial charge is 0.396 e. The Morgan fingerprint density at radius 1 is 1.29 bits per heavy atom. The fourth-order valence-corrected chi connectivity index (χ4v) is 3.55. The van der Waals surface area contributed by atoms with E-state index in [0.29, 0.717) is 12.5 Å². The highest BCUT2D eigenvalue weighted by atomic mass is 16.5. The highest BCUT2D eigenvalue weighted by molar-refractivity contribution is 5.46. The second-order valence-corrected chi connectivity index (χ2v) is 6.84. The van der Waals surface area contributed by atoms with Crippen LogP contribution in [0.2, 0.25) is 0 Å². The Bertz CT molecular complexity index is 535. The summed E-state index contributed by atoms with van der Waals surface area (Å²) in [5, 5.41) is 9.72. The van der Waals surface area contributed by atoms with E-state index in [2.05, 4.69) is 56.3 Å². The highest BCUT2D eigenvalue weighted by Gasteiger charge is 2.44. The zero-order chi connectivity index (χ0) is 15.0. The predicted molar refractivity (Wildman–Crippen MR) is 85.5 cm³/mol. The van der Waals surface area contributed by atoms with Gasteiger partial charge in [0.15, 0.2) is 0 Å². The van der Waals surface area contributed by atoms with Crippen LogP contribution in [0.3, 0.4) is 0 Å². The maximum Gasteiger partial charge on any atom is 0.0890 e. The van der Waals surface area contributed by atoms with Crippen molar-refractivity contribution in [2.75, 3.05) is 32.2 Å². The SMILES string of the molecule is CC1=CC[C@@]2(CO)COC(c3ccc(N(C)C)cc3)[C@H]1C2. The van der Waals surface area contributed by atoms with Crippen molar-refractivity contribution in [1.29, 1.82) is 0 Å². The molecule has 1 heterocycles. The fraction of sp³-hybridized carbons (Fsp3) is 0.556. The van der Waals surface area contributed by atoms with Crippen molar-refractivity contribution in [3.05, 3.63) is 41.5 Å². The standard InChI is InChI=1S/C18H25NO2/c1-13-8-9-18(11-20)10-16(13)17(21-12-18)14-4-6-15(7-5-14)19(2)3/h4-8,16-17,20H,9-12H2,1-3H3/t16-,17?,18+/m0/s1. The predicted octanol–water partition coefficient (Wildman–Crippen LogP) is 3.16. The summed E-state index contributed by atoms with van der Waals surface area (Å²) in [6.45, 7) is 3.07. The van der Waals surface area contributed by atoms with Crippen LogP contribution in [0.1, 0.15) is 31.4 Å². The van der Waals surface area contributed by atoms with E-state index in [-0.39, 0.29) is 18.1 Å². The molecule has 1 N–H and O–H groups in total. The van der Waals surface area contributed by atoms with Crippen LogP contribution in [0, 0.1) is 11.3 Å². The third-order valence-corrected chi connectivity index (χ3v) is 5.10. The van der Waals surface area contributed by atoms with Gasteiger partial charge in [-0.2, -0.15) is 0 Å². The smallest absolute Gasteiger partial charge is 0.0890 e. The van der Waals surface area contributed by atoms with E-state index in [0.717, 1.165) is 12.8 Å². The minimum atomic E-state index is -0.0513. The summed E-state index contributed by atoms with van der Waals surface area (Å²) in [5.41, 5.74) is 3.80. The van der Waals surface area contributed by atoms with E-state index in [9.17, 15) is 5.11 Å². The summed E-state index contributed by atoms with van der Waals surface area (Å²) in [5.74, 6) is 0.393. The summed E-state index contributed by atoms with van der Waals surface area (Å²) in [6, 6.07) is 8.64. The zero-order valence-corrected chi connectivity index (χ0v) is 13.2. The Labute approximate surface area is 127 Å². The van der Waals surface area contributed by atoms with Crippen LogP contribution < -0.4 is 4.90 Å². The van der Waals surface area contributed by atoms with E-state index in [1.165, 1.54) is 16.8 Å². The number of hydrogen-bond acceptors (Lipinski definition) is 3. The van der Waals surface area contributed by atoms with Crippen LogP contribution >= 0.6 is 0 Å². The molecule has 1 fully saturated rings. The van der Waals surface area contributed by atoms with Gasteiger partial charge < -0.3 is 14.7 Å². The third-order valence-electron chi connectivity index (χ3n) is 5.10. The van der Waals surface area contributed by atoms with Gasteiger partial charge in [0.1, 0.15) is 0 Å². The molecule has 1 aliphatic heterocycles. The molecule has 0 spiro atoms. The van der Waals surface area contributed by atoms with Crippen LogP contribution in [0.5, 0.6) is 0 Å². The van der Waals surface area contributed by atoms with Crippen molar-refractivity contribution in [3.63, 3.8) is 0 Å². The van der Waals surface area contributed by atoms with Gasteiger partial charge in [-0.3, -0.25) is 0 Å². The van der Waals surface area contributed by atoms with Gasteiger partial charge in [0.2, 0.25) is 0 Å². The molecular weight excluding hydrogens is 262 g/mol. The number of ether oxygens (including phenoxy) is 1. The van der Waals surface area contributed by atoms with Gasteiger partial charge in [0.05, 0.1) is 19.3 Å². The Kier molecular flexibility index (Phi) is 3.80. The monoisotopic (exact) mass is 287 g/mol. The summed E-state index contributed by atoms with van der Waals surface area (Å²) in [7, 11) is 4.10. The van der Waals surface area contributed by atoms with Crippen molar-refractivity contribution >= 4 is 5.69 Å². The Hall–Kier alpha value is -1.32. The van der Waals surface area contributed by atoms with E-state index in [1.54, 1.807) is 0 Å². The van der Waals surface area contributed by atoms with Crippen LogP contribution in [0.25, 0.3) is 0 Å². The van der Waals surface area contributed by atoms with Crippen molar-refractivity contribution < 1.29 is 9.84 Å². The number of allylic oxidation sites excluding steroid dienone is 1. The molecule has 114 valence electrons. The normalized spacial score (nSPS) is 31.7. The molecule has 3 atom stereocenters. The fourth-order valence-electron chi connectivity index (χ4n) is 3.55. The second kappa shape index (κ2) is 5.47. The lowest BCUT2D eigenvalue weighted by Crippen LogP contribution is -2.43. The number of aliphatic hydroxyl groups is 1. The van der Waals surface area contributed by atoms with Crippen LogP contribution in [-0.4, -0.2) is 32.4 Å². The van der Waals surface area contributed by atoms with Crippen LogP contribution in [0.4, 0.5) is 5.69 Å². The molecule has 3 nitrogen and oxygen atoms in total. The lowest BCUT2D eigenvalue weighted by molar-refractivity contribution is -0.113. The lowest BCUT2D eigenvalue weighted by atomic mass is 9.67. The average molecular weight is 287 g/mol. The molecule has 2 bridgehead atoms. The first-order chi connectivity index (χ1) is 10.0. The van der Waals surface area contributed by atoms with E-state index in [4.69, 9.17) is 4.74 Å². The van der Waals surface area contributed by atoms with Crippen molar-refractivity contribution in [2.24, 2.45) is 11.3 Å². The minimum absolute atomic E-state index is 0.0513. The Balaban J connectivity index is 1.86. The molecule has 0 aromatic heterocycles. The first-order valence-electron chi connectivity index (χ1n) is 7.71. The molecule has 1 aliphatic carbocycles. The number of hydrogen-bond donors (Lipinski definition) is 1. The molecule has 1 unspecified atom stereocenters. The quantitative estimate of drug-likeness (QED) is 0.867. The maximum absolute atomic E-state index is 9.72. The topological polar surface area (TPSA) is 32.7 Å². The number of anilines is 1. The zero-order valence-electron chi connectivity index (χ0n) is 13.2. The Morgan fingerprint density at radius 2 is 2.00 bits per heavy atom.